The second-order valence-corrected chi connectivity index (χ2v) is 8.53. The van der Waals surface area contributed by atoms with Crippen LogP contribution in [-0.2, 0) is 10.3 Å². The van der Waals surface area contributed by atoms with Crippen molar-refractivity contribution in [3.05, 3.63) is 53.7 Å². The minimum atomic E-state index is -0.603. The van der Waals surface area contributed by atoms with Crippen molar-refractivity contribution in [2.45, 2.75) is 45.8 Å². The first kappa shape index (κ1) is 20.4. The van der Waals surface area contributed by atoms with Gasteiger partial charge in [-0.1, -0.05) is 30.3 Å². The summed E-state index contributed by atoms with van der Waals surface area (Å²) in [5.74, 6) is -0.571. The summed E-state index contributed by atoms with van der Waals surface area (Å²) in [6, 6.07) is 13.6. The number of carbonyl (C=O) groups is 2. The predicted molar refractivity (Wildman–Crippen MR) is 112 cm³/mol. The van der Waals surface area contributed by atoms with Gasteiger partial charge in [0.15, 0.2) is 5.69 Å². The maximum atomic E-state index is 12.1. The highest BCUT2D eigenvalue weighted by atomic mass is 16.6. The number of hydrogen-bond acceptors (Lipinski definition) is 4. The van der Waals surface area contributed by atoms with Crippen LogP contribution in [0.2, 0.25) is 0 Å². The number of primary amides is 1. The summed E-state index contributed by atoms with van der Waals surface area (Å²) < 4.78 is 5.36. The van der Waals surface area contributed by atoms with Gasteiger partial charge in [0.05, 0.1) is 11.1 Å². The molecule has 0 bridgehead atoms. The predicted octanol–water partition coefficient (Wildman–Crippen LogP) is 4.09. The molecule has 2 aromatic carbocycles. The van der Waals surface area contributed by atoms with Crippen LogP contribution in [0.15, 0.2) is 42.5 Å². The third-order valence-corrected chi connectivity index (χ3v) is 4.55. The van der Waals surface area contributed by atoms with Crippen LogP contribution in [0.5, 0.6) is 0 Å². The van der Waals surface area contributed by atoms with E-state index in [4.69, 9.17) is 10.5 Å². The zero-order valence-corrected chi connectivity index (χ0v) is 17.3. The zero-order valence-electron chi connectivity index (χ0n) is 17.3. The van der Waals surface area contributed by atoms with Crippen molar-refractivity contribution in [2.24, 2.45) is 5.73 Å². The Labute approximate surface area is 169 Å². The van der Waals surface area contributed by atoms with Crippen LogP contribution in [0.25, 0.3) is 22.0 Å². The first-order valence-corrected chi connectivity index (χ1v) is 9.36. The van der Waals surface area contributed by atoms with Crippen LogP contribution in [-0.4, -0.2) is 27.8 Å². The number of alkyl carbamates (subject to hydrolysis) is 1. The van der Waals surface area contributed by atoms with Gasteiger partial charge in [-0.2, -0.15) is 5.10 Å². The molecule has 0 aliphatic carbocycles. The number of hydrogen-bond donors (Lipinski definition) is 3. The van der Waals surface area contributed by atoms with Gasteiger partial charge in [-0.3, -0.25) is 9.89 Å². The first-order chi connectivity index (χ1) is 13.5. The van der Waals surface area contributed by atoms with Gasteiger partial charge in [0, 0.05) is 5.39 Å². The molecule has 4 N–H and O–H groups in total. The van der Waals surface area contributed by atoms with Crippen molar-refractivity contribution in [3.8, 4) is 11.1 Å². The molecule has 2 amide bonds. The Balaban J connectivity index is 1.84. The summed E-state index contributed by atoms with van der Waals surface area (Å²) >= 11 is 0. The Bertz CT molecular complexity index is 1060. The molecule has 3 rings (SSSR count). The average Bonchev–Trinajstić information content (AvgIpc) is 3.03. The van der Waals surface area contributed by atoms with Crippen molar-refractivity contribution in [2.75, 3.05) is 0 Å². The van der Waals surface area contributed by atoms with Gasteiger partial charge in [0.1, 0.15) is 5.60 Å². The maximum Gasteiger partial charge on any atom is 0.408 e. The third-order valence-electron chi connectivity index (χ3n) is 4.55. The molecule has 0 saturated heterocycles. The van der Waals surface area contributed by atoms with Gasteiger partial charge in [0.2, 0.25) is 0 Å². The molecule has 0 aliphatic heterocycles. The fourth-order valence-corrected chi connectivity index (χ4v) is 3.09. The lowest BCUT2D eigenvalue weighted by molar-refractivity contribution is 0.0470. The van der Waals surface area contributed by atoms with E-state index in [2.05, 4.69) is 15.5 Å². The number of benzene rings is 2. The zero-order chi connectivity index (χ0) is 21.4. The number of rotatable bonds is 4. The van der Waals surface area contributed by atoms with Gasteiger partial charge in [0.25, 0.3) is 5.91 Å². The Hall–Kier alpha value is -3.35. The SMILES string of the molecule is CC(C)(C)OC(=O)NC(C)(C)c1ccc(-c2ccc3[nH]nc(C(N)=O)c3c2)cc1. The summed E-state index contributed by atoms with van der Waals surface area (Å²) in [5, 5.41) is 10.4. The lowest BCUT2D eigenvalue weighted by atomic mass is 9.92. The Morgan fingerprint density at radius 2 is 1.62 bits per heavy atom. The van der Waals surface area contributed by atoms with E-state index in [1.165, 1.54) is 0 Å². The highest BCUT2D eigenvalue weighted by Crippen LogP contribution is 2.28. The molecule has 3 aromatic rings. The molecule has 0 radical (unpaired) electrons. The highest BCUT2D eigenvalue weighted by Gasteiger charge is 2.26. The topological polar surface area (TPSA) is 110 Å². The minimum absolute atomic E-state index is 0.223. The van der Waals surface area contributed by atoms with E-state index in [9.17, 15) is 9.59 Å². The molecule has 7 nitrogen and oxygen atoms in total. The standard InChI is InChI=1S/C22H26N4O3/c1-21(2,3)29-20(28)24-22(4,5)15-9-6-13(7-10-15)14-8-11-17-16(12-14)18(19(23)27)26-25-17/h6-12H,1-5H3,(H2,23,27)(H,24,28)(H,25,26). The van der Waals surface area contributed by atoms with Crippen molar-refractivity contribution >= 4 is 22.9 Å². The van der Waals surface area contributed by atoms with Gasteiger partial charge in [-0.15, -0.1) is 0 Å². The van der Waals surface area contributed by atoms with Crippen LogP contribution in [0.3, 0.4) is 0 Å². The molecule has 0 saturated carbocycles. The van der Waals surface area contributed by atoms with Crippen LogP contribution in [0.1, 0.15) is 50.7 Å². The summed E-state index contributed by atoms with van der Waals surface area (Å²) in [6.07, 6.45) is -0.462. The molecule has 7 heteroatoms. The van der Waals surface area contributed by atoms with Crippen LogP contribution in [0, 0.1) is 0 Å². The molecule has 29 heavy (non-hydrogen) atoms. The fourth-order valence-electron chi connectivity index (χ4n) is 3.09. The molecule has 0 fully saturated rings. The molecule has 0 atom stereocenters. The Morgan fingerprint density at radius 3 is 2.21 bits per heavy atom. The van der Waals surface area contributed by atoms with Crippen LogP contribution >= 0.6 is 0 Å². The van der Waals surface area contributed by atoms with Gasteiger partial charge >= 0.3 is 6.09 Å². The number of ether oxygens (including phenoxy) is 1. The fraction of sp³-hybridized carbons (Fsp3) is 0.318. The second-order valence-electron chi connectivity index (χ2n) is 8.53. The van der Waals surface area contributed by atoms with E-state index < -0.39 is 23.1 Å². The summed E-state index contributed by atoms with van der Waals surface area (Å²) in [5.41, 5.74) is 8.06. The minimum Gasteiger partial charge on any atom is -0.444 e. The molecular formula is C22H26N4O3. The number of amides is 2. The Morgan fingerprint density at radius 1 is 1.00 bits per heavy atom. The molecule has 0 aliphatic rings. The largest absolute Gasteiger partial charge is 0.444 e. The number of aromatic amines is 1. The third kappa shape index (κ3) is 4.56. The van der Waals surface area contributed by atoms with Crippen LogP contribution < -0.4 is 11.1 Å². The van der Waals surface area contributed by atoms with Crippen molar-refractivity contribution in [3.63, 3.8) is 0 Å². The summed E-state index contributed by atoms with van der Waals surface area (Å²) in [6.45, 7) is 9.32. The molecule has 0 spiro atoms. The first-order valence-electron chi connectivity index (χ1n) is 9.36. The second kappa shape index (κ2) is 7.24. The smallest absolute Gasteiger partial charge is 0.408 e. The van der Waals surface area contributed by atoms with E-state index in [1.54, 1.807) is 0 Å². The summed E-state index contributed by atoms with van der Waals surface area (Å²) in [4.78, 5) is 23.7. The van der Waals surface area contributed by atoms with E-state index in [0.29, 0.717) is 5.39 Å². The lowest BCUT2D eigenvalue weighted by Gasteiger charge is -2.29. The van der Waals surface area contributed by atoms with E-state index in [0.717, 1.165) is 22.2 Å². The maximum absolute atomic E-state index is 12.1. The monoisotopic (exact) mass is 394 g/mol. The average molecular weight is 394 g/mol. The molecule has 152 valence electrons. The van der Waals surface area contributed by atoms with Crippen molar-refractivity contribution < 1.29 is 14.3 Å². The summed E-state index contributed by atoms with van der Waals surface area (Å²) in [7, 11) is 0. The normalized spacial score (nSPS) is 12.0. The number of aromatic nitrogens is 2. The van der Waals surface area contributed by atoms with Crippen molar-refractivity contribution in [1.82, 2.24) is 15.5 Å². The van der Waals surface area contributed by atoms with E-state index in [1.807, 2.05) is 77.1 Å². The van der Waals surface area contributed by atoms with Gasteiger partial charge in [-0.05, 0) is 63.4 Å². The number of fused-ring (bicyclic) bond motifs is 1. The van der Waals surface area contributed by atoms with Gasteiger partial charge < -0.3 is 15.8 Å². The molecular weight excluding hydrogens is 368 g/mol. The molecule has 1 heterocycles. The molecule has 1 aromatic heterocycles. The number of H-pyrrole nitrogens is 1. The van der Waals surface area contributed by atoms with Crippen molar-refractivity contribution in [1.29, 1.82) is 0 Å². The Kier molecular flexibility index (Phi) is 5.09. The quantitative estimate of drug-likeness (QED) is 0.619. The molecule has 0 unspecified atom stereocenters. The number of nitrogens with one attached hydrogen (secondary N) is 2. The number of nitrogens with zero attached hydrogens (tertiary/aromatic N) is 1. The highest BCUT2D eigenvalue weighted by molar-refractivity contribution is 6.04. The lowest BCUT2D eigenvalue weighted by Crippen LogP contribution is -2.43. The number of nitrogens with two attached hydrogens (primary N) is 1. The number of carbonyl (C=O) groups excluding carboxylic acids is 2. The van der Waals surface area contributed by atoms with E-state index in [-0.39, 0.29) is 5.69 Å². The van der Waals surface area contributed by atoms with Crippen LogP contribution in [0.4, 0.5) is 4.79 Å². The van der Waals surface area contributed by atoms with Gasteiger partial charge in [-0.25, -0.2) is 4.79 Å². The van der Waals surface area contributed by atoms with E-state index >= 15 is 0 Å².